The highest BCUT2D eigenvalue weighted by Gasteiger charge is 2.11. The largest absolute Gasteiger partial charge is 0.489 e. The fourth-order valence-electron chi connectivity index (χ4n) is 1.46. The Morgan fingerprint density at radius 2 is 2.05 bits per heavy atom. The molecule has 5 heteroatoms. The summed E-state index contributed by atoms with van der Waals surface area (Å²) in [6, 6.07) is 5.46. The standard InChI is InChI=1S/C15H19BrO4/c1-15(2,3)20-10-9-19-14-11(7-8-13(17)18)5-4-6-12(14)16/h4-8H,9-10H2,1-3H3,(H,17,18)/b8-7+. The molecule has 0 aliphatic heterocycles. The van der Waals surface area contributed by atoms with Crippen LogP contribution in [0.2, 0.25) is 0 Å². The zero-order valence-corrected chi connectivity index (χ0v) is 13.4. The summed E-state index contributed by atoms with van der Waals surface area (Å²) in [5.74, 6) is -0.380. The van der Waals surface area contributed by atoms with Crippen LogP contribution in [0.1, 0.15) is 26.3 Å². The first-order chi connectivity index (χ1) is 9.29. The molecule has 110 valence electrons. The van der Waals surface area contributed by atoms with E-state index in [0.29, 0.717) is 24.5 Å². The molecule has 4 nitrogen and oxygen atoms in total. The zero-order chi connectivity index (χ0) is 15.2. The molecule has 0 radical (unpaired) electrons. The van der Waals surface area contributed by atoms with Crippen LogP contribution in [0.5, 0.6) is 5.75 Å². The van der Waals surface area contributed by atoms with Crippen LogP contribution >= 0.6 is 15.9 Å². The molecule has 0 aliphatic carbocycles. The van der Waals surface area contributed by atoms with E-state index in [1.54, 1.807) is 6.07 Å². The van der Waals surface area contributed by atoms with Gasteiger partial charge in [0.05, 0.1) is 16.7 Å². The van der Waals surface area contributed by atoms with Gasteiger partial charge >= 0.3 is 5.97 Å². The SMILES string of the molecule is CC(C)(C)OCCOc1c(Br)cccc1/C=C/C(=O)O. The summed E-state index contributed by atoms with van der Waals surface area (Å²) in [5.41, 5.74) is 0.501. The van der Waals surface area contributed by atoms with Crippen LogP contribution in [0.3, 0.4) is 0 Å². The van der Waals surface area contributed by atoms with Gasteiger partial charge in [-0.2, -0.15) is 0 Å². The molecule has 0 saturated heterocycles. The van der Waals surface area contributed by atoms with Crippen LogP contribution in [0.4, 0.5) is 0 Å². The van der Waals surface area contributed by atoms with Crippen LogP contribution in [0.15, 0.2) is 28.7 Å². The van der Waals surface area contributed by atoms with Gasteiger partial charge in [-0.3, -0.25) is 0 Å². The van der Waals surface area contributed by atoms with E-state index in [2.05, 4.69) is 15.9 Å². The van der Waals surface area contributed by atoms with E-state index in [1.165, 1.54) is 6.08 Å². The second kappa shape index (κ2) is 7.45. The summed E-state index contributed by atoms with van der Waals surface area (Å²) in [6.07, 6.45) is 2.59. The molecule has 1 aromatic carbocycles. The van der Waals surface area contributed by atoms with Gasteiger partial charge in [0, 0.05) is 11.6 Å². The van der Waals surface area contributed by atoms with Crippen molar-refractivity contribution in [3.63, 3.8) is 0 Å². The Hall–Kier alpha value is -1.33. The molecule has 0 saturated carbocycles. The summed E-state index contributed by atoms with van der Waals surface area (Å²) in [4.78, 5) is 10.6. The number of carboxylic acids is 1. The first-order valence-corrected chi connectivity index (χ1v) is 7.05. The maximum absolute atomic E-state index is 10.6. The van der Waals surface area contributed by atoms with Crippen molar-refractivity contribution in [3.05, 3.63) is 34.3 Å². The molecule has 0 fully saturated rings. The summed E-state index contributed by atoms with van der Waals surface area (Å²) >= 11 is 3.40. The first-order valence-electron chi connectivity index (χ1n) is 6.26. The van der Waals surface area contributed by atoms with Crippen LogP contribution in [-0.4, -0.2) is 29.9 Å². The molecule has 0 unspecified atom stereocenters. The number of ether oxygens (including phenoxy) is 2. The van der Waals surface area contributed by atoms with Gasteiger partial charge < -0.3 is 14.6 Å². The van der Waals surface area contributed by atoms with Gasteiger partial charge in [-0.05, 0) is 48.8 Å². The van der Waals surface area contributed by atoms with E-state index < -0.39 is 5.97 Å². The highest BCUT2D eigenvalue weighted by atomic mass is 79.9. The smallest absolute Gasteiger partial charge is 0.328 e. The minimum Gasteiger partial charge on any atom is -0.489 e. The fraction of sp³-hybridized carbons (Fsp3) is 0.400. The van der Waals surface area contributed by atoms with Crippen LogP contribution < -0.4 is 4.74 Å². The molecule has 0 amide bonds. The number of carbonyl (C=O) groups is 1. The third kappa shape index (κ3) is 6.21. The maximum Gasteiger partial charge on any atom is 0.328 e. The second-order valence-electron chi connectivity index (χ2n) is 5.14. The van der Waals surface area contributed by atoms with Crippen molar-refractivity contribution in [1.29, 1.82) is 0 Å². The predicted octanol–water partition coefficient (Wildman–Crippen LogP) is 3.74. The lowest BCUT2D eigenvalue weighted by Gasteiger charge is -2.20. The molecule has 1 aromatic rings. The van der Waals surface area contributed by atoms with Crippen LogP contribution in [0.25, 0.3) is 6.08 Å². The first kappa shape index (κ1) is 16.7. The molecular formula is C15H19BrO4. The molecule has 0 atom stereocenters. The zero-order valence-electron chi connectivity index (χ0n) is 11.9. The van der Waals surface area contributed by atoms with Gasteiger partial charge in [-0.25, -0.2) is 4.79 Å². The van der Waals surface area contributed by atoms with E-state index in [-0.39, 0.29) is 5.60 Å². The summed E-state index contributed by atoms with van der Waals surface area (Å²) < 4.78 is 12.0. The third-order valence-electron chi connectivity index (χ3n) is 2.27. The lowest BCUT2D eigenvalue weighted by Crippen LogP contribution is -2.22. The van der Waals surface area contributed by atoms with E-state index in [1.807, 2.05) is 32.9 Å². The monoisotopic (exact) mass is 342 g/mol. The number of hydrogen-bond donors (Lipinski definition) is 1. The summed E-state index contributed by atoms with van der Waals surface area (Å²) in [7, 11) is 0. The Kier molecular flexibility index (Phi) is 6.23. The Bertz CT molecular complexity index is 489. The number of aliphatic carboxylic acids is 1. The van der Waals surface area contributed by atoms with Gasteiger partial charge in [0.15, 0.2) is 0 Å². The minimum absolute atomic E-state index is 0.205. The lowest BCUT2D eigenvalue weighted by atomic mass is 10.2. The Balaban J connectivity index is 2.71. The van der Waals surface area contributed by atoms with Gasteiger partial charge in [0.1, 0.15) is 12.4 Å². The van der Waals surface area contributed by atoms with E-state index in [4.69, 9.17) is 14.6 Å². The van der Waals surface area contributed by atoms with Crippen molar-refractivity contribution < 1.29 is 19.4 Å². The van der Waals surface area contributed by atoms with Crippen molar-refractivity contribution in [1.82, 2.24) is 0 Å². The number of rotatable bonds is 6. The molecule has 1 rings (SSSR count). The van der Waals surface area contributed by atoms with Crippen LogP contribution in [0, 0.1) is 0 Å². The number of halogens is 1. The summed E-state index contributed by atoms with van der Waals surface area (Å²) in [6.45, 7) is 6.80. The Labute approximate surface area is 127 Å². The predicted molar refractivity (Wildman–Crippen MR) is 82.0 cm³/mol. The average Bonchev–Trinajstić information content (AvgIpc) is 2.32. The van der Waals surface area contributed by atoms with Crippen LogP contribution in [-0.2, 0) is 9.53 Å². The fourth-order valence-corrected chi connectivity index (χ4v) is 1.96. The average molecular weight is 343 g/mol. The molecule has 0 aliphatic rings. The number of carboxylic acid groups (broad SMARTS) is 1. The third-order valence-corrected chi connectivity index (χ3v) is 2.89. The van der Waals surface area contributed by atoms with Crippen molar-refractivity contribution in [2.24, 2.45) is 0 Å². The normalized spacial score (nSPS) is 11.8. The summed E-state index contributed by atoms with van der Waals surface area (Å²) in [5, 5.41) is 8.68. The molecule has 0 aromatic heterocycles. The highest BCUT2D eigenvalue weighted by molar-refractivity contribution is 9.10. The van der Waals surface area contributed by atoms with Crippen molar-refractivity contribution in [3.8, 4) is 5.75 Å². The van der Waals surface area contributed by atoms with Gasteiger partial charge in [0.2, 0.25) is 0 Å². The molecule has 1 N–H and O–H groups in total. The number of para-hydroxylation sites is 1. The molecule has 0 heterocycles. The van der Waals surface area contributed by atoms with Crippen molar-refractivity contribution >= 4 is 28.0 Å². The molecule has 0 bridgehead atoms. The maximum atomic E-state index is 10.6. The molecule has 0 spiro atoms. The number of hydrogen-bond acceptors (Lipinski definition) is 3. The van der Waals surface area contributed by atoms with E-state index in [0.717, 1.165) is 10.5 Å². The Morgan fingerprint density at radius 1 is 1.35 bits per heavy atom. The van der Waals surface area contributed by atoms with Crippen molar-refractivity contribution in [2.75, 3.05) is 13.2 Å². The second-order valence-corrected chi connectivity index (χ2v) is 5.99. The van der Waals surface area contributed by atoms with Crippen molar-refractivity contribution in [2.45, 2.75) is 26.4 Å². The quantitative estimate of drug-likeness (QED) is 0.632. The van der Waals surface area contributed by atoms with Gasteiger partial charge in [-0.1, -0.05) is 12.1 Å². The molecule has 20 heavy (non-hydrogen) atoms. The molecular weight excluding hydrogens is 324 g/mol. The number of benzene rings is 1. The Morgan fingerprint density at radius 3 is 2.65 bits per heavy atom. The topological polar surface area (TPSA) is 55.8 Å². The van der Waals surface area contributed by atoms with Gasteiger partial charge in [-0.15, -0.1) is 0 Å². The highest BCUT2D eigenvalue weighted by Crippen LogP contribution is 2.30. The van der Waals surface area contributed by atoms with E-state index in [9.17, 15) is 4.79 Å². The minimum atomic E-state index is -0.994. The van der Waals surface area contributed by atoms with Gasteiger partial charge in [0.25, 0.3) is 0 Å². The lowest BCUT2D eigenvalue weighted by molar-refractivity contribution is -0.131. The van der Waals surface area contributed by atoms with E-state index >= 15 is 0 Å².